The highest BCUT2D eigenvalue weighted by atomic mass is 31.2. The van der Waals surface area contributed by atoms with E-state index < -0.39 is 76.3 Å². The number of fused-ring (bicyclic) bond motifs is 1. The number of carbonyl (C=O) groups is 2. The number of nitriles is 1. The Hall–Kier alpha value is -3.52. The summed E-state index contributed by atoms with van der Waals surface area (Å²) in [6.07, 6.45) is -4.55. The molecule has 0 spiro atoms. The second-order valence-electron chi connectivity index (χ2n) is 9.30. The van der Waals surface area contributed by atoms with Crippen molar-refractivity contribution in [3.05, 3.63) is 24.2 Å². The molecule has 3 heterocycles. The lowest BCUT2D eigenvalue weighted by atomic mass is 9.85. The van der Waals surface area contributed by atoms with Crippen molar-refractivity contribution in [3.8, 4) is 6.07 Å². The van der Waals surface area contributed by atoms with Gasteiger partial charge in [0.15, 0.2) is 5.82 Å². The number of nitrogens with two attached hydrogens (primary N) is 1. The highest BCUT2D eigenvalue weighted by Crippen LogP contribution is 2.51. The van der Waals surface area contributed by atoms with Crippen LogP contribution in [0.2, 0.25) is 0 Å². The quantitative estimate of drug-likeness (QED) is 0.202. The van der Waals surface area contributed by atoms with Crippen LogP contribution in [0, 0.1) is 17.2 Å². The molecule has 1 saturated heterocycles. The van der Waals surface area contributed by atoms with Gasteiger partial charge in [-0.1, -0.05) is 6.92 Å². The zero-order chi connectivity index (χ0) is 30.4. The second kappa shape index (κ2) is 13.4. The van der Waals surface area contributed by atoms with Crippen LogP contribution in [0.25, 0.3) is 5.52 Å². The molecular formula is C23H32N5O12P. The molecule has 41 heavy (non-hydrogen) atoms. The first-order chi connectivity index (χ1) is 19.3. The fourth-order valence-electron chi connectivity index (χ4n) is 3.83. The number of phosphoric ester groups is 1. The second-order valence-corrected chi connectivity index (χ2v) is 11.0. The van der Waals surface area contributed by atoms with E-state index in [1.807, 2.05) is 0 Å². The van der Waals surface area contributed by atoms with Crippen molar-refractivity contribution >= 4 is 31.5 Å². The first-order valence-corrected chi connectivity index (χ1v) is 13.8. The zero-order valence-electron chi connectivity index (χ0n) is 23.0. The first-order valence-electron chi connectivity index (χ1n) is 12.4. The number of aromatic nitrogens is 3. The lowest BCUT2D eigenvalue weighted by Gasteiger charge is -2.25. The Morgan fingerprint density at radius 2 is 1.73 bits per heavy atom. The summed E-state index contributed by atoms with van der Waals surface area (Å²) in [6, 6.07) is 5.25. The van der Waals surface area contributed by atoms with E-state index in [-0.39, 0.29) is 11.5 Å². The third kappa shape index (κ3) is 7.61. The summed E-state index contributed by atoms with van der Waals surface area (Å²) in [4.78, 5) is 27.2. The van der Waals surface area contributed by atoms with Gasteiger partial charge in [0.2, 0.25) is 19.2 Å². The highest BCUT2D eigenvalue weighted by molar-refractivity contribution is 7.48. The zero-order valence-corrected chi connectivity index (χ0v) is 23.9. The van der Waals surface area contributed by atoms with E-state index in [2.05, 4.69) is 16.2 Å². The van der Waals surface area contributed by atoms with Crippen LogP contribution in [0.1, 0.15) is 40.3 Å². The summed E-state index contributed by atoms with van der Waals surface area (Å²) in [5.41, 5.74) is 4.86. The summed E-state index contributed by atoms with van der Waals surface area (Å²) in [7, 11) is -4.64. The molecule has 3 N–H and O–H groups in total. The molecule has 0 aromatic carbocycles. The number of nitrogen functional groups attached to an aromatic ring is 1. The third-order valence-electron chi connectivity index (χ3n) is 5.74. The number of hydrogen-bond acceptors (Lipinski definition) is 16. The van der Waals surface area contributed by atoms with Gasteiger partial charge in [0.25, 0.3) is 0 Å². The maximum absolute atomic E-state index is 13.3. The number of anilines is 1. The van der Waals surface area contributed by atoms with Gasteiger partial charge in [-0.25, -0.2) is 32.7 Å². The maximum atomic E-state index is 13.3. The van der Waals surface area contributed by atoms with Crippen molar-refractivity contribution in [2.75, 3.05) is 25.9 Å². The van der Waals surface area contributed by atoms with Crippen LogP contribution < -0.4 is 5.73 Å². The van der Waals surface area contributed by atoms with Gasteiger partial charge in [0.1, 0.15) is 24.0 Å². The Labute approximate surface area is 234 Å². The van der Waals surface area contributed by atoms with Crippen molar-refractivity contribution in [2.45, 2.75) is 64.6 Å². The largest absolute Gasteiger partial charge is 0.510 e. The van der Waals surface area contributed by atoms with Crippen LogP contribution in [0.15, 0.2) is 18.5 Å². The molecule has 0 bridgehead atoms. The minimum absolute atomic E-state index is 0.166. The van der Waals surface area contributed by atoms with E-state index in [0.717, 1.165) is 0 Å². The number of phosphoric acid groups is 1. The minimum atomic E-state index is -4.64. The normalized spacial score (nSPS) is 22.6. The molecule has 4 atom stereocenters. The monoisotopic (exact) mass is 601 g/mol. The summed E-state index contributed by atoms with van der Waals surface area (Å²) in [5, 5.41) is 25.3. The average Bonchev–Trinajstić information content (AvgIpc) is 3.43. The Balaban J connectivity index is 1.74. The fourth-order valence-corrected chi connectivity index (χ4v) is 4.75. The lowest BCUT2D eigenvalue weighted by Crippen LogP contribution is -2.34. The van der Waals surface area contributed by atoms with E-state index in [0.29, 0.717) is 5.52 Å². The molecular weight excluding hydrogens is 569 g/mol. The van der Waals surface area contributed by atoms with Gasteiger partial charge < -0.3 is 34.5 Å². The molecule has 0 saturated carbocycles. The molecule has 2 aromatic rings. The van der Waals surface area contributed by atoms with Crippen molar-refractivity contribution in [2.24, 2.45) is 5.92 Å². The van der Waals surface area contributed by atoms with Crippen molar-refractivity contribution < 1.29 is 56.5 Å². The van der Waals surface area contributed by atoms with Crippen LogP contribution in [0.4, 0.5) is 15.4 Å². The molecule has 4 unspecified atom stereocenters. The molecule has 1 aliphatic heterocycles. The summed E-state index contributed by atoms with van der Waals surface area (Å²) in [6.45, 7) is 5.43. The minimum Gasteiger partial charge on any atom is -0.432 e. The number of rotatable bonds is 12. The summed E-state index contributed by atoms with van der Waals surface area (Å²) >= 11 is 0. The molecule has 226 valence electrons. The SMILES string of the molecule is CC(C)OC(=O)OCOP(=O)(OCOC(=O)OC(C)C)OCC1OC(C#N)(c2ccc3c(N)ncnn23)C(C)C1O. The first kappa shape index (κ1) is 32.0. The van der Waals surface area contributed by atoms with Crippen LogP contribution in [-0.4, -0.2) is 76.6 Å². The molecule has 3 rings (SSSR count). The van der Waals surface area contributed by atoms with Gasteiger partial charge in [-0.05, 0) is 39.8 Å². The fraction of sp³-hybridized carbons (Fsp3) is 0.609. The summed E-state index contributed by atoms with van der Waals surface area (Å²) < 4.78 is 54.9. The van der Waals surface area contributed by atoms with Gasteiger partial charge in [-0.3, -0.25) is 4.52 Å². The van der Waals surface area contributed by atoms with Gasteiger partial charge in [-0.15, -0.1) is 0 Å². The predicted octanol–water partition coefficient (Wildman–Crippen LogP) is 2.62. The third-order valence-corrected chi connectivity index (χ3v) is 7.04. The molecule has 17 nitrogen and oxygen atoms in total. The number of nitrogens with zero attached hydrogens (tertiary/aromatic N) is 4. The predicted molar refractivity (Wildman–Crippen MR) is 136 cm³/mol. The van der Waals surface area contributed by atoms with Crippen LogP contribution in [-0.2, 0) is 47.4 Å². The molecule has 0 radical (unpaired) electrons. The van der Waals surface area contributed by atoms with Gasteiger partial charge in [-0.2, -0.15) is 10.4 Å². The maximum Gasteiger partial charge on any atom is 0.510 e. The van der Waals surface area contributed by atoms with Crippen LogP contribution >= 0.6 is 7.82 Å². The van der Waals surface area contributed by atoms with E-state index in [1.54, 1.807) is 46.8 Å². The highest BCUT2D eigenvalue weighted by Gasteiger charge is 2.56. The van der Waals surface area contributed by atoms with E-state index >= 15 is 0 Å². The Morgan fingerprint density at radius 3 is 2.27 bits per heavy atom. The average molecular weight is 602 g/mol. The van der Waals surface area contributed by atoms with E-state index in [4.69, 9.17) is 43.0 Å². The number of aliphatic hydroxyl groups excluding tert-OH is 1. The lowest BCUT2D eigenvalue weighted by molar-refractivity contribution is -0.0714. The molecule has 1 aliphatic rings. The summed E-state index contributed by atoms with van der Waals surface area (Å²) in [5.74, 6) is -0.667. The smallest absolute Gasteiger partial charge is 0.432 e. The number of carbonyl (C=O) groups excluding carboxylic acids is 2. The number of ether oxygens (including phenoxy) is 5. The van der Waals surface area contributed by atoms with Crippen LogP contribution in [0.3, 0.4) is 0 Å². The Bertz CT molecular complexity index is 1280. The van der Waals surface area contributed by atoms with E-state index in [9.17, 15) is 24.5 Å². The molecule has 0 aliphatic carbocycles. The van der Waals surface area contributed by atoms with Crippen molar-refractivity contribution in [1.82, 2.24) is 14.6 Å². The van der Waals surface area contributed by atoms with Gasteiger partial charge >= 0.3 is 20.1 Å². The topological polar surface area (TPSA) is 225 Å². The molecule has 1 fully saturated rings. The number of aliphatic hydroxyl groups is 1. The van der Waals surface area contributed by atoms with Gasteiger partial charge in [0.05, 0.1) is 30.6 Å². The van der Waals surface area contributed by atoms with Crippen molar-refractivity contribution in [1.29, 1.82) is 5.26 Å². The Kier molecular flexibility index (Phi) is 10.5. The standard InChI is InChI=1S/C23H32N5O12P/c1-13(2)38-21(30)33-11-36-41(32,37-12-34-22(31)39-14(3)4)35-8-17-19(29)15(5)23(9-24,40-17)18-7-6-16-20(25)26-10-27-28(16)18/h6-7,10,13-15,17,19,29H,8,11-12H2,1-5H3,(H2,25,26,27). The molecule has 2 aromatic heterocycles. The Morgan fingerprint density at radius 1 is 1.15 bits per heavy atom. The molecule has 18 heteroatoms. The molecule has 0 amide bonds. The van der Waals surface area contributed by atoms with Crippen molar-refractivity contribution in [3.63, 3.8) is 0 Å². The van der Waals surface area contributed by atoms with Gasteiger partial charge in [0, 0.05) is 5.92 Å². The van der Waals surface area contributed by atoms with Crippen LogP contribution in [0.5, 0.6) is 0 Å². The van der Waals surface area contributed by atoms with E-state index in [1.165, 1.54) is 10.8 Å². The number of hydrogen-bond donors (Lipinski definition) is 2.